The highest BCUT2D eigenvalue weighted by molar-refractivity contribution is 5.95. The lowest BCUT2D eigenvalue weighted by atomic mass is 10.1. The van der Waals surface area contributed by atoms with Crippen LogP contribution in [0.25, 0.3) is 22.2 Å². The molecule has 0 aliphatic heterocycles. The van der Waals surface area contributed by atoms with Gasteiger partial charge in [0.15, 0.2) is 11.5 Å². The van der Waals surface area contributed by atoms with Gasteiger partial charge in [-0.1, -0.05) is 43.7 Å². The number of amides is 1. The van der Waals surface area contributed by atoms with Crippen LogP contribution in [0.15, 0.2) is 65.8 Å². The highest BCUT2D eigenvalue weighted by Gasteiger charge is 2.18. The predicted molar refractivity (Wildman–Crippen MR) is 133 cm³/mol. The van der Waals surface area contributed by atoms with E-state index in [1.165, 1.54) is 7.11 Å². The van der Waals surface area contributed by atoms with Crippen molar-refractivity contribution >= 4 is 22.6 Å². The number of benzene rings is 2. The van der Waals surface area contributed by atoms with Gasteiger partial charge in [-0.2, -0.15) is 0 Å². The molecular formula is C26H28N4O4. The molecule has 8 heteroatoms. The van der Waals surface area contributed by atoms with E-state index in [4.69, 9.17) is 9.47 Å². The minimum absolute atomic E-state index is 0.0353. The molecule has 1 amide bonds. The number of unbranched alkanes of at least 4 members (excludes halogenated alkanes) is 1. The maximum absolute atomic E-state index is 13.3. The van der Waals surface area contributed by atoms with Gasteiger partial charge in [0.1, 0.15) is 17.6 Å². The summed E-state index contributed by atoms with van der Waals surface area (Å²) in [6.07, 6.45) is 5.27. The number of aromatic nitrogens is 3. The molecule has 34 heavy (non-hydrogen) atoms. The summed E-state index contributed by atoms with van der Waals surface area (Å²) in [5, 5.41) is 2.87. The number of methoxy groups -OCH3 is 2. The largest absolute Gasteiger partial charge is 0.493 e. The SMILES string of the molecule is CCCCn1cnc2c(-c3ccccc3)cn(CC(=O)Nc3ccc(OC)c(OC)c3)c2c1=O. The summed E-state index contributed by atoms with van der Waals surface area (Å²) in [4.78, 5) is 30.9. The molecule has 0 fully saturated rings. The van der Waals surface area contributed by atoms with Crippen LogP contribution in [0.5, 0.6) is 11.5 Å². The van der Waals surface area contributed by atoms with Crippen molar-refractivity contribution in [2.24, 2.45) is 0 Å². The number of nitrogens with zero attached hydrogens (tertiary/aromatic N) is 3. The molecule has 0 radical (unpaired) electrons. The first-order valence-electron chi connectivity index (χ1n) is 11.2. The Morgan fingerprint density at radius 1 is 1.03 bits per heavy atom. The van der Waals surface area contributed by atoms with Crippen LogP contribution in [0.3, 0.4) is 0 Å². The van der Waals surface area contributed by atoms with Gasteiger partial charge in [0.25, 0.3) is 5.56 Å². The van der Waals surface area contributed by atoms with Crippen LogP contribution in [-0.2, 0) is 17.9 Å². The minimum Gasteiger partial charge on any atom is -0.493 e. The van der Waals surface area contributed by atoms with Gasteiger partial charge < -0.3 is 19.4 Å². The Morgan fingerprint density at radius 3 is 2.50 bits per heavy atom. The maximum Gasteiger partial charge on any atom is 0.277 e. The average Bonchev–Trinajstić information content (AvgIpc) is 3.22. The number of nitrogens with one attached hydrogen (secondary N) is 1. The van der Waals surface area contributed by atoms with Crippen LogP contribution < -0.4 is 20.3 Å². The van der Waals surface area contributed by atoms with Crippen LogP contribution in [0.2, 0.25) is 0 Å². The van der Waals surface area contributed by atoms with Crippen molar-refractivity contribution in [3.8, 4) is 22.6 Å². The standard InChI is InChI=1S/C26H28N4O4/c1-4-5-13-29-17-27-24-20(18-9-7-6-8-10-18)15-30(25(24)26(29)32)16-23(31)28-19-11-12-21(33-2)22(14-19)34-3/h6-12,14-15,17H,4-5,13,16H2,1-3H3,(H,28,31). The molecule has 4 rings (SSSR count). The average molecular weight is 461 g/mol. The Hall–Kier alpha value is -4.07. The lowest BCUT2D eigenvalue weighted by molar-refractivity contribution is -0.116. The Labute approximate surface area is 197 Å². The van der Waals surface area contributed by atoms with E-state index in [0.717, 1.165) is 24.0 Å². The zero-order valence-corrected chi connectivity index (χ0v) is 19.6. The van der Waals surface area contributed by atoms with E-state index >= 15 is 0 Å². The fourth-order valence-corrected chi connectivity index (χ4v) is 3.93. The second-order valence-electron chi connectivity index (χ2n) is 7.95. The Bertz CT molecular complexity index is 1360. The minimum atomic E-state index is -0.271. The van der Waals surface area contributed by atoms with Crippen LogP contribution in [0.4, 0.5) is 5.69 Å². The zero-order chi connectivity index (χ0) is 24.1. The smallest absolute Gasteiger partial charge is 0.277 e. The molecule has 0 atom stereocenters. The van der Waals surface area contributed by atoms with Crippen LogP contribution >= 0.6 is 0 Å². The number of hydrogen-bond acceptors (Lipinski definition) is 5. The van der Waals surface area contributed by atoms with E-state index in [-0.39, 0.29) is 18.0 Å². The summed E-state index contributed by atoms with van der Waals surface area (Å²) >= 11 is 0. The van der Waals surface area contributed by atoms with E-state index in [9.17, 15) is 9.59 Å². The summed E-state index contributed by atoms with van der Waals surface area (Å²) in [6, 6.07) is 14.9. The van der Waals surface area contributed by atoms with Gasteiger partial charge in [0.05, 0.1) is 20.5 Å². The molecule has 0 saturated carbocycles. The van der Waals surface area contributed by atoms with Crippen LogP contribution in [0.1, 0.15) is 19.8 Å². The van der Waals surface area contributed by atoms with Crippen molar-refractivity contribution in [3.63, 3.8) is 0 Å². The molecule has 4 aromatic rings. The van der Waals surface area contributed by atoms with Gasteiger partial charge in [-0.15, -0.1) is 0 Å². The topological polar surface area (TPSA) is 87.4 Å². The van der Waals surface area contributed by atoms with E-state index < -0.39 is 0 Å². The van der Waals surface area contributed by atoms with Crippen molar-refractivity contribution in [3.05, 3.63) is 71.4 Å². The first-order valence-corrected chi connectivity index (χ1v) is 11.2. The van der Waals surface area contributed by atoms with Gasteiger partial charge in [0.2, 0.25) is 5.91 Å². The third-order valence-electron chi connectivity index (χ3n) is 5.66. The number of rotatable bonds is 9. The van der Waals surface area contributed by atoms with Gasteiger partial charge in [-0.25, -0.2) is 4.98 Å². The summed E-state index contributed by atoms with van der Waals surface area (Å²) in [6.45, 7) is 2.63. The van der Waals surface area contributed by atoms with Crippen LogP contribution in [0, 0.1) is 0 Å². The van der Waals surface area contributed by atoms with E-state index in [1.807, 2.05) is 36.5 Å². The van der Waals surface area contributed by atoms with Gasteiger partial charge in [-0.05, 0) is 24.1 Å². The third-order valence-corrected chi connectivity index (χ3v) is 5.66. The normalized spacial score (nSPS) is 10.9. The van der Waals surface area contributed by atoms with Crippen LogP contribution in [-0.4, -0.2) is 34.2 Å². The summed E-state index contributed by atoms with van der Waals surface area (Å²) in [5.74, 6) is 0.816. The molecule has 0 aliphatic rings. The summed E-state index contributed by atoms with van der Waals surface area (Å²) in [7, 11) is 3.09. The molecule has 1 N–H and O–H groups in total. The molecule has 2 aromatic carbocycles. The lowest BCUT2D eigenvalue weighted by Crippen LogP contribution is -2.25. The Balaban J connectivity index is 1.71. The molecule has 8 nitrogen and oxygen atoms in total. The van der Waals surface area contributed by atoms with E-state index in [2.05, 4.69) is 17.2 Å². The summed E-state index contributed by atoms with van der Waals surface area (Å²) in [5.41, 5.74) is 3.17. The van der Waals surface area contributed by atoms with Gasteiger partial charge in [-0.3, -0.25) is 14.2 Å². The number of hydrogen-bond donors (Lipinski definition) is 1. The maximum atomic E-state index is 13.3. The number of fused-ring (bicyclic) bond motifs is 1. The zero-order valence-electron chi connectivity index (χ0n) is 19.6. The second-order valence-corrected chi connectivity index (χ2v) is 7.95. The van der Waals surface area contributed by atoms with Crippen molar-refractivity contribution in [1.29, 1.82) is 0 Å². The molecule has 0 unspecified atom stereocenters. The molecule has 2 aromatic heterocycles. The number of carbonyl (C=O) groups is 1. The number of carbonyl (C=O) groups excluding carboxylic acids is 1. The fraction of sp³-hybridized carbons (Fsp3) is 0.269. The fourth-order valence-electron chi connectivity index (χ4n) is 3.93. The molecule has 176 valence electrons. The van der Waals surface area contributed by atoms with E-state index in [0.29, 0.717) is 34.8 Å². The molecule has 0 bridgehead atoms. The monoisotopic (exact) mass is 460 g/mol. The second kappa shape index (κ2) is 10.2. The number of anilines is 1. The van der Waals surface area contributed by atoms with Crippen molar-refractivity contribution in [2.75, 3.05) is 19.5 Å². The lowest BCUT2D eigenvalue weighted by Gasteiger charge is -2.11. The van der Waals surface area contributed by atoms with Crippen molar-refractivity contribution in [2.45, 2.75) is 32.9 Å². The molecule has 2 heterocycles. The highest BCUT2D eigenvalue weighted by atomic mass is 16.5. The highest BCUT2D eigenvalue weighted by Crippen LogP contribution is 2.30. The molecular weight excluding hydrogens is 432 g/mol. The molecule has 0 spiro atoms. The predicted octanol–water partition coefficient (Wildman–Crippen LogP) is 4.32. The first kappa shape index (κ1) is 23.1. The quantitative estimate of drug-likeness (QED) is 0.402. The third kappa shape index (κ3) is 4.66. The van der Waals surface area contributed by atoms with E-state index in [1.54, 1.807) is 40.8 Å². The summed E-state index contributed by atoms with van der Waals surface area (Å²) < 4.78 is 13.9. The van der Waals surface area contributed by atoms with Crippen molar-refractivity contribution in [1.82, 2.24) is 14.1 Å². The van der Waals surface area contributed by atoms with Gasteiger partial charge in [0, 0.05) is 30.1 Å². The number of aryl methyl sites for hydroxylation is 1. The Morgan fingerprint density at radius 2 is 1.79 bits per heavy atom. The molecule has 0 saturated heterocycles. The van der Waals surface area contributed by atoms with Crippen molar-refractivity contribution < 1.29 is 14.3 Å². The Kier molecular flexibility index (Phi) is 6.96. The first-order chi connectivity index (χ1) is 16.5. The number of ether oxygens (including phenoxy) is 2. The van der Waals surface area contributed by atoms with Gasteiger partial charge >= 0.3 is 0 Å². The molecule has 0 aliphatic carbocycles.